The zero-order chi connectivity index (χ0) is 17.0. The summed E-state index contributed by atoms with van der Waals surface area (Å²) in [7, 11) is -3.98. The Kier molecular flexibility index (Phi) is 5.64. The fourth-order valence-electron chi connectivity index (χ4n) is 1.80. The molecule has 1 atom stereocenters. The first-order valence-electron chi connectivity index (χ1n) is 6.63. The minimum atomic E-state index is -3.98. The molecular weight excluding hydrogens is 359 g/mol. The molecule has 2 aromatic rings. The Hall–Kier alpha value is -1.60. The predicted molar refractivity (Wildman–Crippen MR) is 91.3 cm³/mol. The Bertz CT molecular complexity index is 811. The molecule has 0 aliphatic carbocycles. The summed E-state index contributed by atoms with van der Waals surface area (Å²) in [6, 6.07) is 11.8. The average molecular weight is 373 g/mol. The smallest absolute Gasteiger partial charge is 0.242 e. The normalized spacial score (nSPS) is 12.7. The van der Waals surface area contributed by atoms with Crippen LogP contribution in [0.25, 0.3) is 0 Å². The van der Waals surface area contributed by atoms with Gasteiger partial charge in [0.25, 0.3) is 0 Å². The second-order valence-electron chi connectivity index (χ2n) is 4.77. The molecule has 1 amide bonds. The summed E-state index contributed by atoms with van der Waals surface area (Å²) in [5.74, 6) is -0.488. The van der Waals surface area contributed by atoms with E-state index in [9.17, 15) is 13.2 Å². The number of halogens is 2. The molecule has 0 aliphatic heterocycles. The third kappa shape index (κ3) is 4.68. The molecule has 8 heteroatoms. The van der Waals surface area contributed by atoms with E-state index in [1.54, 1.807) is 24.3 Å². The Morgan fingerprint density at radius 3 is 2.39 bits per heavy atom. The number of sulfonamides is 1. The molecule has 2 rings (SSSR count). The van der Waals surface area contributed by atoms with Gasteiger partial charge >= 0.3 is 0 Å². The lowest BCUT2D eigenvalue weighted by molar-refractivity contribution is -0.117. The van der Waals surface area contributed by atoms with E-state index in [2.05, 4.69) is 10.0 Å². The molecule has 0 saturated heterocycles. The zero-order valence-corrected chi connectivity index (χ0v) is 14.4. The Morgan fingerprint density at radius 2 is 1.74 bits per heavy atom. The molecule has 2 N–H and O–H groups in total. The van der Waals surface area contributed by atoms with Crippen molar-refractivity contribution >= 4 is 44.8 Å². The van der Waals surface area contributed by atoms with Crippen LogP contribution in [0.3, 0.4) is 0 Å². The van der Waals surface area contributed by atoms with Crippen LogP contribution >= 0.6 is 23.2 Å². The van der Waals surface area contributed by atoms with E-state index in [1.807, 2.05) is 6.07 Å². The number of para-hydroxylation sites is 1. The van der Waals surface area contributed by atoms with Crippen LogP contribution in [0.2, 0.25) is 10.0 Å². The van der Waals surface area contributed by atoms with Gasteiger partial charge in [0.15, 0.2) is 0 Å². The molecule has 0 saturated carbocycles. The SMILES string of the molecule is C[C@H](NS(=O)(=O)c1cc(Cl)ccc1Cl)C(=O)Nc1ccccc1. The van der Waals surface area contributed by atoms with E-state index in [-0.39, 0.29) is 14.9 Å². The molecule has 0 bridgehead atoms. The highest BCUT2D eigenvalue weighted by molar-refractivity contribution is 7.89. The van der Waals surface area contributed by atoms with Crippen molar-refractivity contribution in [3.63, 3.8) is 0 Å². The lowest BCUT2D eigenvalue weighted by atomic mass is 10.3. The quantitative estimate of drug-likeness (QED) is 0.845. The lowest BCUT2D eigenvalue weighted by Crippen LogP contribution is -2.41. The minimum Gasteiger partial charge on any atom is -0.325 e. The van der Waals surface area contributed by atoms with Gasteiger partial charge in [0, 0.05) is 10.7 Å². The van der Waals surface area contributed by atoms with Crippen molar-refractivity contribution in [3.8, 4) is 0 Å². The highest BCUT2D eigenvalue weighted by Gasteiger charge is 2.24. The van der Waals surface area contributed by atoms with Crippen molar-refractivity contribution in [3.05, 3.63) is 58.6 Å². The molecule has 2 aromatic carbocycles. The third-order valence-electron chi connectivity index (χ3n) is 2.95. The largest absolute Gasteiger partial charge is 0.325 e. The number of rotatable bonds is 5. The molecule has 0 spiro atoms. The van der Waals surface area contributed by atoms with Crippen molar-refractivity contribution in [1.29, 1.82) is 0 Å². The summed E-state index contributed by atoms with van der Waals surface area (Å²) in [6.45, 7) is 1.44. The first-order chi connectivity index (χ1) is 10.8. The summed E-state index contributed by atoms with van der Waals surface area (Å²) in [5.41, 5.74) is 0.573. The Balaban J connectivity index is 2.13. The summed E-state index contributed by atoms with van der Waals surface area (Å²) in [4.78, 5) is 11.9. The van der Waals surface area contributed by atoms with E-state index >= 15 is 0 Å². The van der Waals surface area contributed by atoms with Crippen molar-refractivity contribution in [2.75, 3.05) is 5.32 Å². The van der Waals surface area contributed by atoms with Crippen LogP contribution in [0.5, 0.6) is 0 Å². The molecule has 23 heavy (non-hydrogen) atoms. The van der Waals surface area contributed by atoms with Gasteiger partial charge in [-0.2, -0.15) is 4.72 Å². The van der Waals surface area contributed by atoms with Gasteiger partial charge in [0.05, 0.1) is 11.1 Å². The van der Waals surface area contributed by atoms with E-state index in [0.29, 0.717) is 5.69 Å². The van der Waals surface area contributed by atoms with Gasteiger partial charge < -0.3 is 5.32 Å². The van der Waals surface area contributed by atoms with Crippen LogP contribution in [0, 0.1) is 0 Å². The van der Waals surface area contributed by atoms with Crippen LogP contribution in [0.4, 0.5) is 5.69 Å². The lowest BCUT2D eigenvalue weighted by Gasteiger charge is -2.15. The maximum atomic E-state index is 12.3. The number of amides is 1. The first kappa shape index (κ1) is 17.7. The van der Waals surface area contributed by atoms with Crippen LogP contribution < -0.4 is 10.0 Å². The molecule has 0 radical (unpaired) electrons. The van der Waals surface area contributed by atoms with E-state index in [1.165, 1.54) is 25.1 Å². The Morgan fingerprint density at radius 1 is 1.09 bits per heavy atom. The average Bonchev–Trinajstić information content (AvgIpc) is 2.50. The molecule has 0 aromatic heterocycles. The van der Waals surface area contributed by atoms with E-state index in [4.69, 9.17) is 23.2 Å². The minimum absolute atomic E-state index is 0.0255. The summed E-state index contributed by atoms with van der Waals surface area (Å²) in [6.07, 6.45) is 0. The van der Waals surface area contributed by atoms with Gasteiger partial charge in [-0.3, -0.25) is 4.79 Å². The Labute approximate surface area is 144 Å². The van der Waals surface area contributed by atoms with Crippen molar-refractivity contribution in [2.24, 2.45) is 0 Å². The van der Waals surface area contributed by atoms with Crippen LogP contribution in [-0.4, -0.2) is 20.4 Å². The third-order valence-corrected chi connectivity index (χ3v) is 5.21. The molecule has 5 nitrogen and oxygen atoms in total. The number of carbonyl (C=O) groups excluding carboxylic acids is 1. The maximum Gasteiger partial charge on any atom is 0.242 e. The van der Waals surface area contributed by atoms with Gasteiger partial charge in [-0.25, -0.2) is 8.42 Å². The van der Waals surface area contributed by atoms with Gasteiger partial charge in [-0.1, -0.05) is 41.4 Å². The number of hydrogen-bond acceptors (Lipinski definition) is 3. The predicted octanol–water partition coefficient (Wildman–Crippen LogP) is 3.30. The number of carbonyl (C=O) groups is 1. The second-order valence-corrected chi connectivity index (χ2v) is 7.30. The van der Waals surface area contributed by atoms with Crippen LogP contribution in [0.15, 0.2) is 53.4 Å². The monoisotopic (exact) mass is 372 g/mol. The van der Waals surface area contributed by atoms with Crippen LogP contribution in [-0.2, 0) is 14.8 Å². The molecule has 122 valence electrons. The molecule has 0 heterocycles. The van der Waals surface area contributed by atoms with E-state index in [0.717, 1.165) is 0 Å². The topological polar surface area (TPSA) is 75.3 Å². The number of benzene rings is 2. The van der Waals surface area contributed by atoms with Crippen molar-refractivity contribution < 1.29 is 13.2 Å². The van der Waals surface area contributed by atoms with Gasteiger partial charge in [-0.05, 0) is 37.3 Å². The standard InChI is InChI=1S/C15H14Cl2N2O3S/c1-10(15(20)18-12-5-3-2-4-6-12)19-23(21,22)14-9-11(16)7-8-13(14)17/h2-10,19H,1H3,(H,18,20)/t10-/m0/s1. The first-order valence-corrected chi connectivity index (χ1v) is 8.87. The van der Waals surface area contributed by atoms with Crippen molar-refractivity contribution in [1.82, 2.24) is 4.72 Å². The molecule has 0 aliphatic rings. The summed E-state index contributed by atoms with van der Waals surface area (Å²) >= 11 is 11.7. The van der Waals surface area contributed by atoms with Crippen molar-refractivity contribution in [2.45, 2.75) is 17.9 Å². The second kappa shape index (κ2) is 7.31. The zero-order valence-electron chi connectivity index (χ0n) is 12.1. The van der Waals surface area contributed by atoms with E-state index < -0.39 is 22.0 Å². The van der Waals surface area contributed by atoms with Gasteiger partial charge in [-0.15, -0.1) is 0 Å². The fourth-order valence-corrected chi connectivity index (χ4v) is 3.77. The molecule has 0 fully saturated rings. The number of anilines is 1. The number of hydrogen-bond donors (Lipinski definition) is 2. The summed E-state index contributed by atoms with van der Waals surface area (Å²) in [5, 5.41) is 2.87. The fraction of sp³-hybridized carbons (Fsp3) is 0.133. The molecule has 0 unspecified atom stereocenters. The highest BCUT2D eigenvalue weighted by atomic mass is 35.5. The highest BCUT2D eigenvalue weighted by Crippen LogP contribution is 2.25. The number of nitrogens with one attached hydrogen (secondary N) is 2. The summed E-state index contributed by atoms with van der Waals surface area (Å²) < 4.78 is 27.0. The molecular formula is C15H14Cl2N2O3S. The van der Waals surface area contributed by atoms with Gasteiger partial charge in [0.2, 0.25) is 15.9 Å². The van der Waals surface area contributed by atoms with Crippen LogP contribution in [0.1, 0.15) is 6.92 Å². The maximum absolute atomic E-state index is 12.3. The van der Waals surface area contributed by atoms with Gasteiger partial charge in [0.1, 0.15) is 4.90 Å².